The van der Waals surface area contributed by atoms with Gasteiger partial charge in [-0.2, -0.15) is 5.10 Å². The van der Waals surface area contributed by atoms with Crippen LogP contribution in [0.25, 0.3) is 4.96 Å². The Hall–Kier alpha value is -2.71. The standard InChI is InChI=1S/C20H25N5O2S/c1-4-24(5-2)12-16-10-15(6-7-18(16)26)14(3)22-23-19(27)11-17-13-25-8-9-28-20(25)21-17/h6-10,13,26H,4-5,11-12H2,1-3H3,(H,23,27)/p+1/b22-14+. The molecule has 0 fully saturated rings. The van der Waals surface area contributed by atoms with E-state index < -0.39 is 0 Å². The van der Waals surface area contributed by atoms with Crippen molar-refractivity contribution in [2.45, 2.75) is 33.7 Å². The zero-order valence-corrected chi connectivity index (χ0v) is 17.2. The van der Waals surface area contributed by atoms with Crippen LogP contribution in [0.1, 0.15) is 37.6 Å². The number of nitrogens with one attached hydrogen (secondary N) is 2. The molecule has 7 nitrogen and oxygen atoms in total. The number of carbonyl (C=O) groups is 1. The third-order valence-electron chi connectivity index (χ3n) is 4.77. The van der Waals surface area contributed by atoms with Crippen LogP contribution in [0.4, 0.5) is 0 Å². The van der Waals surface area contributed by atoms with Gasteiger partial charge >= 0.3 is 0 Å². The number of amides is 1. The number of hydrazone groups is 1. The Morgan fingerprint density at radius 3 is 2.86 bits per heavy atom. The normalized spacial score (nSPS) is 12.1. The molecule has 148 valence electrons. The number of aromatic nitrogens is 2. The van der Waals surface area contributed by atoms with Crippen LogP contribution in [-0.4, -0.2) is 39.2 Å². The minimum absolute atomic E-state index is 0.178. The molecule has 0 atom stereocenters. The van der Waals surface area contributed by atoms with Gasteiger partial charge in [-0.05, 0) is 44.5 Å². The van der Waals surface area contributed by atoms with Crippen molar-refractivity contribution in [3.63, 3.8) is 0 Å². The van der Waals surface area contributed by atoms with E-state index in [9.17, 15) is 9.90 Å². The zero-order chi connectivity index (χ0) is 20.1. The van der Waals surface area contributed by atoms with E-state index in [1.54, 1.807) is 6.07 Å². The molecule has 0 saturated heterocycles. The van der Waals surface area contributed by atoms with Crippen LogP contribution in [0.3, 0.4) is 0 Å². The molecule has 1 amide bonds. The first-order chi connectivity index (χ1) is 13.5. The van der Waals surface area contributed by atoms with Crippen LogP contribution >= 0.6 is 11.3 Å². The molecule has 0 spiro atoms. The van der Waals surface area contributed by atoms with Crippen molar-refractivity contribution in [2.75, 3.05) is 13.1 Å². The molecule has 0 aliphatic rings. The highest BCUT2D eigenvalue weighted by molar-refractivity contribution is 7.15. The van der Waals surface area contributed by atoms with E-state index in [1.165, 1.54) is 16.2 Å². The summed E-state index contributed by atoms with van der Waals surface area (Å²) in [5.41, 5.74) is 5.76. The second kappa shape index (κ2) is 8.99. The maximum absolute atomic E-state index is 12.2. The fourth-order valence-electron chi connectivity index (χ4n) is 3.00. The molecule has 0 bridgehead atoms. The number of phenols is 1. The number of fused-ring (bicyclic) bond motifs is 1. The van der Waals surface area contributed by atoms with Crippen molar-refractivity contribution in [2.24, 2.45) is 5.10 Å². The Labute approximate surface area is 168 Å². The summed E-state index contributed by atoms with van der Waals surface area (Å²) in [6, 6.07) is 5.44. The molecule has 0 radical (unpaired) electrons. The van der Waals surface area contributed by atoms with Crippen LogP contribution in [0, 0.1) is 0 Å². The molecule has 3 aromatic rings. The summed E-state index contributed by atoms with van der Waals surface area (Å²) in [7, 11) is 0. The van der Waals surface area contributed by atoms with Gasteiger partial charge in [0.2, 0.25) is 5.91 Å². The van der Waals surface area contributed by atoms with E-state index in [2.05, 4.69) is 29.4 Å². The number of phenolic OH excluding ortho intramolecular Hbond substituents is 1. The number of nitrogens with zero attached hydrogens (tertiary/aromatic N) is 3. The molecule has 28 heavy (non-hydrogen) atoms. The van der Waals surface area contributed by atoms with E-state index in [-0.39, 0.29) is 12.3 Å². The molecular weight excluding hydrogens is 374 g/mol. The summed E-state index contributed by atoms with van der Waals surface area (Å²) < 4.78 is 1.90. The predicted octanol–water partition coefficient (Wildman–Crippen LogP) is 1.61. The predicted molar refractivity (Wildman–Crippen MR) is 111 cm³/mol. The lowest BCUT2D eigenvalue weighted by Gasteiger charge is -2.16. The van der Waals surface area contributed by atoms with E-state index in [4.69, 9.17) is 0 Å². The van der Waals surface area contributed by atoms with Crippen LogP contribution in [0.5, 0.6) is 5.75 Å². The Morgan fingerprint density at radius 2 is 2.14 bits per heavy atom. The number of imidazole rings is 1. The van der Waals surface area contributed by atoms with Gasteiger partial charge in [-0.25, -0.2) is 10.4 Å². The highest BCUT2D eigenvalue weighted by atomic mass is 32.1. The smallest absolute Gasteiger partial charge is 0.246 e. The summed E-state index contributed by atoms with van der Waals surface area (Å²) in [5, 5.41) is 16.3. The number of hydrogen-bond donors (Lipinski definition) is 3. The fraction of sp³-hybridized carbons (Fsp3) is 0.350. The average Bonchev–Trinajstić information content (AvgIpc) is 3.27. The molecule has 0 aliphatic carbocycles. The van der Waals surface area contributed by atoms with E-state index in [0.29, 0.717) is 17.2 Å². The quantitative estimate of drug-likeness (QED) is 0.397. The average molecular weight is 401 g/mol. The molecule has 0 saturated carbocycles. The minimum Gasteiger partial charge on any atom is -0.507 e. The number of benzene rings is 1. The van der Waals surface area contributed by atoms with Crippen LogP contribution in [0.2, 0.25) is 0 Å². The third-order valence-corrected chi connectivity index (χ3v) is 5.54. The van der Waals surface area contributed by atoms with E-state index in [0.717, 1.165) is 35.7 Å². The zero-order valence-electron chi connectivity index (χ0n) is 16.4. The summed E-state index contributed by atoms with van der Waals surface area (Å²) in [6.45, 7) is 8.85. The SMILES string of the molecule is CC[NH+](CC)Cc1cc(/C(C)=N/NC(=O)Cc2cn3ccsc3n2)ccc1O. The molecule has 8 heteroatoms. The molecule has 1 aromatic carbocycles. The maximum Gasteiger partial charge on any atom is 0.246 e. The van der Waals surface area contributed by atoms with Gasteiger partial charge in [-0.15, -0.1) is 11.3 Å². The van der Waals surface area contributed by atoms with Gasteiger partial charge in [0.25, 0.3) is 0 Å². The monoisotopic (exact) mass is 400 g/mol. The lowest BCUT2D eigenvalue weighted by atomic mass is 10.1. The molecule has 3 rings (SSSR count). The van der Waals surface area contributed by atoms with Gasteiger partial charge < -0.3 is 10.0 Å². The largest absolute Gasteiger partial charge is 0.507 e. The van der Waals surface area contributed by atoms with Gasteiger partial charge in [0.15, 0.2) is 4.96 Å². The van der Waals surface area contributed by atoms with E-state index in [1.807, 2.05) is 41.2 Å². The summed E-state index contributed by atoms with van der Waals surface area (Å²) >= 11 is 1.53. The molecule has 2 aromatic heterocycles. The third kappa shape index (κ3) is 4.76. The fourth-order valence-corrected chi connectivity index (χ4v) is 3.72. The minimum atomic E-state index is -0.211. The van der Waals surface area contributed by atoms with Crippen molar-refractivity contribution in [3.05, 3.63) is 52.8 Å². The van der Waals surface area contributed by atoms with Crippen molar-refractivity contribution in [3.8, 4) is 5.75 Å². The highest BCUT2D eigenvalue weighted by Crippen LogP contribution is 2.18. The van der Waals surface area contributed by atoms with Crippen molar-refractivity contribution in [1.29, 1.82) is 0 Å². The van der Waals surface area contributed by atoms with Gasteiger partial charge in [-0.3, -0.25) is 9.20 Å². The first kappa shape index (κ1) is 20.0. The summed E-state index contributed by atoms with van der Waals surface area (Å²) in [6.07, 6.45) is 3.94. The maximum atomic E-state index is 12.2. The van der Waals surface area contributed by atoms with Crippen molar-refractivity contribution in [1.82, 2.24) is 14.8 Å². The molecule has 3 N–H and O–H groups in total. The molecule has 2 heterocycles. The number of thiazole rings is 1. The highest BCUT2D eigenvalue weighted by Gasteiger charge is 2.12. The van der Waals surface area contributed by atoms with Crippen LogP contribution in [0.15, 0.2) is 41.1 Å². The summed E-state index contributed by atoms with van der Waals surface area (Å²) in [5.74, 6) is 0.0800. The second-order valence-electron chi connectivity index (χ2n) is 6.71. The number of quaternary nitrogens is 1. The van der Waals surface area contributed by atoms with Gasteiger partial charge in [0.05, 0.1) is 30.9 Å². The van der Waals surface area contributed by atoms with Crippen molar-refractivity contribution < 1.29 is 14.8 Å². The number of hydrogen-bond acceptors (Lipinski definition) is 5. The Morgan fingerprint density at radius 1 is 1.36 bits per heavy atom. The second-order valence-corrected chi connectivity index (χ2v) is 7.58. The molecule has 0 aliphatic heterocycles. The molecular formula is C20H26N5O2S+. The number of rotatable bonds is 8. The number of carbonyl (C=O) groups excluding carboxylic acids is 1. The lowest BCUT2D eigenvalue weighted by molar-refractivity contribution is -0.910. The molecule has 0 unspecified atom stereocenters. The Balaban J connectivity index is 1.65. The Kier molecular flexibility index (Phi) is 6.43. The first-order valence-corrected chi connectivity index (χ1v) is 10.3. The van der Waals surface area contributed by atoms with Gasteiger partial charge in [-0.1, -0.05) is 0 Å². The Bertz CT molecular complexity index is 959. The first-order valence-electron chi connectivity index (χ1n) is 9.40. The number of aromatic hydroxyl groups is 1. The van der Waals surface area contributed by atoms with Crippen molar-refractivity contribution >= 4 is 27.9 Å². The summed E-state index contributed by atoms with van der Waals surface area (Å²) in [4.78, 5) is 18.8. The topological polar surface area (TPSA) is 83.4 Å². The van der Waals surface area contributed by atoms with Gasteiger partial charge in [0, 0.05) is 23.3 Å². The van der Waals surface area contributed by atoms with Crippen LogP contribution in [-0.2, 0) is 17.8 Å². The van der Waals surface area contributed by atoms with Gasteiger partial charge in [0.1, 0.15) is 12.3 Å². The van der Waals surface area contributed by atoms with E-state index >= 15 is 0 Å². The van der Waals surface area contributed by atoms with Crippen LogP contribution < -0.4 is 10.3 Å². The lowest BCUT2D eigenvalue weighted by Crippen LogP contribution is -3.10.